The summed E-state index contributed by atoms with van der Waals surface area (Å²) < 4.78 is 157. The molecule has 0 aliphatic carbocycles. The number of phosphoric acid groups is 1. The SMILES string of the molecule is O=P(O)(O)Oc1ccc(NS(=O)(=O)c2cccc(C(F)(F)F)c2)c(-c2ncco2)c1.O=S(=O)(Nc1ccc(O)cc1-c1ncco1)c1cccc(C(F)(F)F)c1. The van der Waals surface area contributed by atoms with Crippen molar-refractivity contribution in [1.82, 2.24) is 9.97 Å². The van der Waals surface area contributed by atoms with Crippen molar-refractivity contribution in [2.45, 2.75) is 22.1 Å². The van der Waals surface area contributed by atoms with E-state index in [1.807, 2.05) is 0 Å². The van der Waals surface area contributed by atoms with Crippen molar-refractivity contribution >= 4 is 39.2 Å². The molecule has 0 aliphatic heterocycles. The van der Waals surface area contributed by atoms with Crippen LogP contribution >= 0.6 is 7.82 Å². The lowest BCUT2D eigenvalue weighted by atomic mass is 10.1. The van der Waals surface area contributed by atoms with Gasteiger partial charge in [-0.25, -0.2) is 31.4 Å². The fourth-order valence-corrected chi connectivity index (χ4v) is 7.22. The van der Waals surface area contributed by atoms with Crippen molar-refractivity contribution < 1.29 is 76.0 Å². The van der Waals surface area contributed by atoms with E-state index < -0.39 is 61.1 Å². The number of halogens is 6. The molecule has 56 heavy (non-hydrogen) atoms. The normalized spacial score (nSPS) is 12.4. The first-order valence-corrected chi connectivity index (χ1v) is 19.4. The van der Waals surface area contributed by atoms with Gasteiger partial charge in [0.1, 0.15) is 24.0 Å². The average molecular weight is 849 g/mol. The molecule has 5 N–H and O–H groups in total. The number of nitrogens with zero attached hydrogens (tertiary/aromatic N) is 2. The van der Waals surface area contributed by atoms with Gasteiger partial charge in [-0.15, -0.1) is 0 Å². The largest absolute Gasteiger partial charge is 0.524 e. The third-order valence-corrected chi connectivity index (χ3v) is 10.2. The number of hydrogen-bond acceptors (Lipinski definition) is 11. The van der Waals surface area contributed by atoms with Gasteiger partial charge in [0.2, 0.25) is 11.8 Å². The summed E-state index contributed by atoms with van der Waals surface area (Å²) in [7, 11) is -13.7. The lowest BCUT2D eigenvalue weighted by molar-refractivity contribution is -0.138. The second-order valence-electron chi connectivity index (χ2n) is 11.0. The van der Waals surface area contributed by atoms with Gasteiger partial charge in [0.15, 0.2) is 0 Å². The van der Waals surface area contributed by atoms with E-state index in [1.165, 1.54) is 36.9 Å². The summed E-state index contributed by atoms with van der Waals surface area (Å²) in [5.41, 5.74) is -2.36. The maximum absolute atomic E-state index is 12.9. The predicted molar refractivity (Wildman–Crippen MR) is 183 cm³/mol. The summed E-state index contributed by atoms with van der Waals surface area (Å²) in [6.45, 7) is 0. The van der Waals surface area contributed by atoms with Crippen LogP contribution in [0.2, 0.25) is 0 Å². The topological polar surface area (TPSA) is 231 Å². The minimum atomic E-state index is -4.91. The number of benzene rings is 4. The van der Waals surface area contributed by atoms with Crippen LogP contribution in [0.25, 0.3) is 22.9 Å². The van der Waals surface area contributed by atoms with E-state index in [0.717, 1.165) is 60.9 Å². The molecule has 2 heterocycles. The van der Waals surface area contributed by atoms with Gasteiger partial charge in [-0.1, -0.05) is 12.1 Å². The zero-order valence-electron chi connectivity index (χ0n) is 27.4. The molecule has 0 fully saturated rings. The summed E-state index contributed by atoms with van der Waals surface area (Å²) in [6.07, 6.45) is -4.44. The van der Waals surface area contributed by atoms with Crippen LogP contribution in [0, 0.1) is 0 Å². The van der Waals surface area contributed by atoms with Crippen molar-refractivity contribution in [2.75, 3.05) is 9.44 Å². The van der Waals surface area contributed by atoms with Gasteiger partial charge in [0, 0.05) is 0 Å². The Bertz CT molecular complexity index is 2600. The van der Waals surface area contributed by atoms with Gasteiger partial charge in [0.05, 0.1) is 55.8 Å². The standard InChI is InChI=1S/C16H12F3N2O7PS.C16H11F3N2O4S/c17-16(18,19)10-2-1-3-12(8-10)30(25,26)21-14-5-4-11(28-29(22,23)24)9-13(14)15-20-6-7-27-15;17-16(18,19)10-2-1-3-12(8-10)26(23,24)21-14-5-4-11(22)9-13(14)15-20-6-7-25-15/h1-9,21H,(H2,22,23,24);1-9,21-22H. The van der Waals surface area contributed by atoms with Gasteiger partial charge >= 0.3 is 20.2 Å². The molecule has 0 atom stereocenters. The molecule has 6 rings (SSSR count). The second kappa shape index (κ2) is 15.7. The number of nitrogens with one attached hydrogen (secondary N) is 2. The highest BCUT2D eigenvalue weighted by molar-refractivity contribution is 7.93. The van der Waals surface area contributed by atoms with E-state index >= 15 is 0 Å². The minimum Gasteiger partial charge on any atom is -0.508 e. The molecule has 4 aromatic carbocycles. The molecule has 0 radical (unpaired) electrons. The molecule has 15 nitrogen and oxygen atoms in total. The van der Waals surface area contributed by atoms with E-state index in [9.17, 15) is 52.8 Å². The zero-order valence-corrected chi connectivity index (χ0v) is 30.0. The van der Waals surface area contributed by atoms with E-state index in [-0.39, 0.29) is 45.8 Å². The van der Waals surface area contributed by atoms with Crippen LogP contribution in [0.5, 0.6) is 11.5 Å². The lowest BCUT2D eigenvalue weighted by Crippen LogP contribution is -2.15. The number of rotatable bonds is 10. The number of oxazole rings is 2. The van der Waals surface area contributed by atoms with E-state index in [0.29, 0.717) is 12.1 Å². The summed E-state index contributed by atoms with van der Waals surface area (Å²) in [5.74, 6) is -0.589. The Morgan fingerprint density at radius 2 is 1.09 bits per heavy atom. The lowest BCUT2D eigenvalue weighted by Gasteiger charge is -2.14. The zero-order chi connectivity index (χ0) is 41.1. The number of aromatic nitrogens is 2. The maximum atomic E-state index is 12.9. The first kappa shape index (κ1) is 41.3. The van der Waals surface area contributed by atoms with Crippen LogP contribution in [0.1, 0.15) is 11.1 Å². The number of alkyl halides is 6. The highest BCUT2D eigenvalue weighted by atomic mass is 32.2. The molecule has 6 aromatic rings. The number of hydrogen-bond donors (Lipinski definition) is 5. The van der Waals surface area contributed by atoms with Crippen molar-refractivity contribution in [3.8, 4) is 34.4 Å². The molecular formula is C32H23F6N4O11PS2. The summed E-state index contributed by atoms with van der Waals surface area (Å²) in [5, 5.41) is 9.61. The van der Waals surface area contributed by atoms with Gasteiger partial charge in [-0.05, 0) is 72.8 Å². The number of aromatic hydroxyl groups is 1. The smallest absolute Gasteiger partial charge is 0.508 e. The summed E-state index contributed by atoms with van der Waals surface area (Å²) in [4.78, 5) is 24.4. The molecule has 0 unspecified atom stereocenters. The Kier molecular flexibility index (Phi) is 11.6. The maximum Gasteiger partial charge on any atom is 0.524 e. The van der Waals surface area contributed by atoms with Crippen molar-refractivity contribution in [3.05, 3.63) is 121 Å². The van der Waals surface area contributed by atoms with E-state index in [1.54, 1.807) is 0 Å². The molecule has 0 saturated heterocycles. The molecule has 0 amide bonds. The second-order valence-corrected chi connectivity index (χ2v) is 15.5. The molecular weight excluding hydrogens is 825 g/mol. The fraction of sp³-hybridized carbons (Fsp3) is 0.0625. The fourth-order valence-electron chi connectivity index (χ4n) is 4.58. The number of phosphoric ester groups is 1. The molecule has 296 valence electrons. The Labute approximate surface area is 311 Å². The van der Waals surface area contributed by atoms with E-state index in [2.05, 4.69) is 23.9 Å². The van der Waals surface area contributed by atoms with Crippen LogP contribution in [0.15, 0.2) is 128 Å². The van der Waals surface area contributed by atoms with Crippen LogP contribution in [-0.4, -0.2) is 41.7 Å². The average Bonchev–Trinajstić information content (AvgIpc) is 3.85. The van der Waals surface area contributed by atoms with Crippen LogP contribution in [0.4, 0.5) is 37.7 Å². The van der Waals surface area contributed by atoms with Crippen LogP contribution < -0.4 is 14.0 Å². The Balaban J connectivity index is 0.000000216. The van der Waals surface area contributed by atoms with Crippen LogP contribution in [-0.2, 0) is 37.0 Å². The monoisotopic (exact) mass is 848 g/mol. The van der Waals surface area contributed by atoms with Crippen molar-refractivity contribution in [1.29, 1.82) is 0 Å². The third-order valence-electron chi connectivity index (χ3n) is 6.98. The number of anilines is 2. The predicted octanol–water partition coefficient (Wildman–Crippen LogP) is 7.50. The Morgan fingerprint density at radius 3 is 1.50 bits per heavy atom. The van der Waals surface area contributed by atoms with Gasteiger partial charge in [-0.2, -0.15) is 26.3 Å². The Morgan fingerprint density at radius 1 is 0.643 bits per heavy atom. The van der Waals surface area contributed by atoms with Crippen molar-refractivity contribution in [3.63, 3.8) is 0 Å². The van der Waals surface area contributed by atoms with E-state index in [4.69, 9.17) is 18.6 Å². The highest BCUT2D eigenvalue weighted by Crippen LogP contribution is 2.41. The molecule has 2 aromatic heterocycles. The number of phenols is 1. The van der Waals surface area contributed by atoms with Crippen molar-refractivity contribution in [2.24, 2.45) is 0 Å². The van der Waals surface area contributed by atoms with Gasteiger partial charge in [-0.3, -0.25) is 19.2 Å². The number of phenolic OH excluding ortho intramolecular Hbond substituents is 1. The molecule has 0 aliphatic rings. The van der Waals surface area contributed by atoms with Crippen LogP contribution in [0.3, 0.4) is 0 Å². The summed E-state index contributed by atoms with van der Waals surface area (Å²) in [6, 6.07) is 13.4. The minimum absolute atomic E-state index is 0.0114. The first-order valence-electron chi connectivity index (χ1n) is 14.9. The molecule has 0 spiro atoms. The first-order chi connectivity index (χ1) is 26.0. The molecule has 24 heteroatoms. The number of sulfonamides is 2. The summed E-state index contributed by atoms with van der Waals surface area (Å²) >= 11 is 0. The van der Waals surface area contributed by atoms with Gasteiger partial charge < -0.3 is 18.5 Å². The quantitative estimate of drug-likeness (QED) is 0.0511. The molecule has 0 saturated carbocycles. The highest BCUT2D eigenvalue weighted by Gasteiger charge is 2.33. The molecule has 0 bridgehead atoms. The third kappa shape index (κ3) is 10.5. The Hall–Kier alpha value is -5.87. The van der Waals surface area contributed by atoms with Gasteiger partial charge in [0.25, 0.3) is 20.0 Å².